The number of benzene rings is 2. The van der Waals surface area contributed by atoms with Gasteiger partial charge in [0.15, 0.2) is 6.61 Å². The number of ether oxygens (including phenoxy) is 1. The molecule has 9 heteroatoms. The molecule has 6 nitrogen and oxygen atoms in total. The lowest BCUT2D eigenvalue weighted by Crippen LogP contribution is -2.26. The maximum absolute atomic E-state index is 12.7. The minimum atomic E-state index is -4.45. The first-order chi connectivity index (χ1) is 12.9. The van der Waals surface area contributed by atoms with E-state index in [1.807, 2.05) is 6.07 Å². The van der Waals surface area contributed by atoms with E-state index in [4.69, 9.17) is 10.00 Å². The molecule has 0 aliphatic rings. The van der Waals surface area contributed by atoms with Gasteiger partial charge in [0.25, 0.3) is 5.91 Å². The molecule has 0 spiro atoms. The fourth-order valence-corrected chi connectivity index (χ4v) is 2.03. The molecule has 2 aromatic carbocycles. The topological polar surface area (TPSA) is 86.5 Å². The van der Waals surface area contributed by atoms with Gasteiger partial charge in [-0.05, 0) is 30.3 Å². The van der Waals surface area contributed by atoms with Crippen LogP contribution in [0.1, 0.15) is 11.1 Å². The van der Waals surface area contributed by atoms with E-state index in [1.165, 1.54) is 18.3 Å². The van der Waals surface area contributed by atoms with Gasteiger partial charge in [-0.1, -0.05) is 18.2 Å². The molecule has 0 saturated carbocycles. The number of anilines is 1. The molecule has 2 rings (SSSR count). The average molecular weight is 376 g/mol. The van der Waals surface area contributed by atoms with Crippen LogP contribution in [0.5, 0.6) is 5.75 Å². The maximum atomic E-state index is 12.7. The van der Waals surface area contributed by atoms with Gasteiger partial charge in [-0.3, -0.25) is 4.79 Å². The Kier molecular flexibility index (Phi) is 6.77. The van der Waals surface area contributed by atoms with Gasteiger partial charge in [-0.2, -0.15) is 23.5 Å². The number of para-hydroxylation sites is 1. The van der Waals surface area contributed by atoms with E-state index >= 15 is 0 Å². The third-order valence-electron chi connectivity index (χ3n) is 3.25. The Bertz CT molecular complexity index is 860. The van der Waals surface area contributed by atoms with Gasteiger partial charge in [-0.15, -0.1) is 0 Å². The molecule has 0 fully saturated rings. The lowest BCUT2D eigenvalue weighted by molar-refractivity contribution is -0.137. The van der Waals surface area contributed by atoms with E-state index in [2.05, 4.69) is 15.8 Å². The van der Waals surface area contributed by atoms with Gasteiger partial charge in [0, 0.05) is 11.3 Å². The van der Waals surface area contributed by atoms with E-state index in [0.717, 1.165) is 12.1 Å². The first-order valence-electron chi connectivity index (χ1n) is 7.72. The Labute approximate surface area is 153 Å². The minimum absolute atomic E-state index is 0.127. The number of nitrogens with one attached hydrogen (secondary N) is 2. The van der Waals surface area contributed by atoms with Crippen molar-refractivity contribution in [3.8, 4) is 11.8 Å². The summed E-state index contributed by atoms with van der Waals surface area (Å²) in [5.74, 6) is -0.113. The summed E-state index contributed by atoms with van der Waals surface area (Å²) in [4.78, 5) is 11.8. The minimum Gasteiger partial charge on any atom is -0.478 e. The highest BCUT2D eigenvalue weighted by Crippen LogP contribution is 2.30. The van der Waals surface area contributed by atoms with Crippen LogP contribution in [0, 0.1) is 11.3 Å². The van der Waals surface area contributed by atoms with Gasteiger partial charge in [-0.25, -0.2) is 5.43 Å². The first kappa shape index (κ1) is 19.8. The summed E-state index contributed by atoms with van der Waals surface area (Å²) in [6, 6.07) is 13.2. The van der Waals surface area contributed by atoms with Crippen LogP contribution in [0.3, 0.4) is 0 Å². The largest absolute Gasteiger partial charge is 0.478 e. The van der Waals surface area contributed by atoms with E-state index in [0.29, 0.717) is 11.3 Å². The average Bonchev–Trinajstić information content (AvgIpc) is 2.65. The van der Waals surface area contributed by atoms with Crippen molar-refractivity contribution in [2.24, 2.45) is 5.10 Å². The summed E-state index contributed by atoms with van der Waals surface area (Å²) >= 11 is 0. The summed E-state index contributed by atoms with van der Waals surface area (Å²) in [5.41, 5.74) is 2.17. The standard InChI is InChI=1S/C18H15F3N4O2/c19-18(20,21)14-5-3-6-15(10-14)23-12-17(26)25-24-11-13-4-1-2-7-16(13)27-9-8-22/h1-7,10-11,23H,9,12H2,(H,25,26)/b24-11-. The summed E-state index contributed by atoms with van der Waals surface area (Å²) in [6.45, 7) is -0.386. The van der Waals surface area contributed by atoms with Crippen LogP contribution in [0.2, 0.25) is 0 Å². The quantitative estimate of drug-likeness (QED) is 0.574. The van der Waals surface area contributed by atoms with E-state index in [9.17, 15) is 18.0 Å². The number of amides is 1. The zero-order chi connectivity index (χ0) is 19.7. The van der Waals surface area contributed by atoms with Gasteiger partial charge >= 0.3 is 6.18 Å². The lowest BCUT2D eigenvalue weighted by Gasteiger charge is -2.10. The normalized spacial score (nSPS) is 11.0. The second kappa shape index (κ2) is 9.24. The molecule has 0 aliphatic carbocycles. The molecular formula is C18H15F3N4O2. The van der Waals surface area contributed by atoms with Crippen molar-refractivity contribution in [1.82, 2.24) is 5.43 Å². The number of nitrogens with zero attached hydrogens (tertiary/aromatic N) is 2. The van der Waals surface area contributed by atoms with Crippen LogP contribution < -0.4 is 15.5 Å². The summed E-state index contributed by atoms with van der Waals surface area (Å²) in [5, 5.41) is 14.9. The van der Waals surface area contributed by atoms with Crippen LogP contribution in [0.15, 0.2) is 53.6 Å². The number of halogens is 3. The maximum Gasteiger partial charge on any atom is 0.416 e. The number of hydrazone groups is 1. The van der Waals surface area contributed by atoms with Crippen molar-refractivity contribution < 1.29 is 22.7 Å². The molecule has 27 heavy (non-hydrogen) atoms. The first-order valence-corrected chi connectivity index (χ1v) is 7.72. The van der Waals surface area contributed by atoms with E-state index < -0.39 is 17.6 Å². The van der Waals surface area contributed by atoms with Crippen LogP contribution >= 0.6 is 0 Å². The Morgan fingerprint density at radius 2 is 2.00 bits per heavy atom. The number of hydrogen-bond acceptors (Lipinski definition) is 5. The molecule has 0 bridgehead atoms. The van der Waals surface area contributed by atoms with Crippen LogP contribution in [0.25, 0.3) is 0 Å². The molecule has 0 atom stereocenters. The third kappa shape index (κ3) is 6.36. The highest BCUT2D eigenvalue weighted by atomic mass is 19.4. The van der Waals surface area contributed by atoms with E-state index in [1.54, 1.807) is 24.3 Å². The second-order valence-corrected chi connectivity index (χ2v) is 5.21. The van der Waals surface area contributed by atoms with Crippen molar-refractivity contribution in [2.75, 3.05) is 18.5 Å². The lowest BCUT2D eigenvalue weighted by atomic mass is 10.2. The molecule has 0 radical (unpaired) electrons. The van der Waals surface area contributed by atoms with Gasteiger partial charge in [0.1, 0.15) is 11.8 Å². The Hall–Kier alpha value is -3.54. The van der Waals surface area contributed by atoms with Crippen LogP contribution in [0.4, 0.5) is 18.9 Å². The predicted octanol–water partition coefficient (Wildman–Crippen LogP) is 3.17. The predicted molar refractivity (Wildman–Crippen MR) is 93.2 cm³/mol. The van der Waals surface area contributed by atoms with Crippen molar-refractivity contribution in [3.63, 3.8) is 0 Å². The fourth-order valence-electron chi connectivity index (χ4n) is 2.03. The molecular weight excluding hydrogens is 361 g/mol. The molecule has 0 aliphatic heterocycles. The number of nitriles is 1. The second-order valence-electron chi connectivity index (χ2n) is 5.21. The molecule has 0 saturated heterocycles. The SMILES string of the molecule is N#CCOc1ccccc1/C=N\NC(=O)CNc1cccc(C(F)(F)F)c1. The zero-order valence-electron chi connectivity index (χ0n) is 14.0. The van der Waals surface area contributed by atoms with Crippen LogP contribution in [-0.4, -0.2) is 25.3 Å². The molecule has 2 N–H and O–H groups in total. The molecule has 1 amide bonds. The number of carbonyl (C=O) groups is 1. The highest BCUT2D eigenvalue weighted by Gasteiger charge is 2.30. The molecule has 2 aromatic rings. The molecule has 0 heterocycles. The third-order valence-corrected chi connectivity index (χ3v) is 3.25. The summed E-state index contributed by atoms with van der Waals surface area (Å²) < 4.78 is 43.2. The molecule has 0 unspecified atom stereocenters. The Balaban J connectivity index is 1.89. The highest BCUT2D eigenvalue weighted by molar-refractivity contribution is 5.86. The Morgan fingerprint density at radius 1 is 1.22 bits per heavy atom. The van der Waals surface area contributed by atoms with Crippen molar-refractivity contribution >= 4 is 17.8 Å². The van der Waals surface area contributed by atoms with Gasteiger partial charge in [0.05, 0.1) is 18.3 Å². The van der Waals surface area contributed by atoms with Crippen LogP contribution in [-0.2, 0) is 11.0 Å². The summed E-state index contributed by atoms with van der Waals surface area (Å²) in [6.07, 6.45) is -3.11. The number of alkyl halides is 3. The Morgan fingerprint density at radius 3 is 2.74 bits per heavy atom. The molecule has 140 valence electrons. The smallest absolute Gasteiger partial charge is 0.416 e. The van der Waals surface area contributed by atoms with Crippen molar-refractivity contribution in [1.29, 1.82) is 5.26 Å². The zero-order valence-corrected chi connectivity index (χ0v) is 14.0. The van der Waals surface area contributed by atoms with Gasteiger partial charge < -0.3 is 10.1 Å². The number of carbonyl (C=O) groups excluding carboxylic acids is 1. The number of hydrogen-bond donors (Lipinski definition) is 2. The van der Waals surface area contributed by atoms with Gasteiger partial charge in [0.2, 0.25) is 0 Å². The van der Waals surface area contributed by atoms with E-state index in [-0.39, 0.29) is 18.8 Å². The fraction of sp³-hybridized carbons (Fsp3) is 0.167. The van der Waals surface area contributed by atoms with Crippen molar-refractivity contribution in [2.45, 2.75) is 6.18 Å². The molecule has 0 aromatic heterocycles. The summed E-state index contributed by atoms with van der Waals surface area (Å²) in [7, 11) is 0. The monoisotopic (exact) mass is 376 g/mol. The number of rotatable bonds is 7. The van der Waals surface area contributed by atoms with Crippen molar-refractivity contribution in [3.05, 3.63) is 59.7 Å².